The molecule has 1 atom stereocenters. The molecule has 0 aliphatic heterocycles. The van der Waals surface area contributed by atoms with Crippen LogP contribution < -0.4 is 10.6 Å². The molecule has 1 unspecified atom stereocenters. The van der Waals surface area contributed by atoms with Gasteiger partial charge in [-0.05, 0) is 45.7 Å². The maximum absolute atomic E-state index is 4.32. The maximum Gasteiger partial charge on any atom is 0.190 e. The van der Waals surface area contributed by atoms with Crippen molar-refractivity contribution in [3.8, 4) is 0 Å². The Bertz CT molecular complexity index is 694. The Kier molecular flexibility index (Phi) is 9.55. The van der Waals surface area contributed by atoms with Crippen molar-refractivity contribution in [2.24, 2.45) is 4.99 Å². The van der Waals surface area contributed by atoms with Crippen molar-refractivity contribution in [1.82, 2.24) is 25.1 Å². The number of hydrogen-bond donors (Lipinski definition) is 2. The summed E-state index contributed by atoms with van der Waals surface area (Å²) in [5, 5.41) is 6.84. The van der Waals surface area contributed by atoms with Gasteiger partial charge >= 0.3 is 0 Å². The van der Waals surface area contributed by atoms with E-state index in [-0.39, 0.29) is 0 Å². The molecule has 6 nitrogen and oxygen atoms in total. The maximum atomic E-state index is 4.32. The van der Waals surface area contributed by atoms with Gasteiger partial charge in [0.25, 0.3) is 0 Å². The van der Waals surface area contributed by atoms with E-state index in [4.69, 9.17) is 0 Å². The molecule has 1 aromatic carbocycles. The van der Waals surface area contributed by atoms with Gasteiger partial charge in [0.15, 0.2) is 5.96 Å². The predicted molar refractivity (Wildman–Crippen MR) is 118 cm³/mol. The number of aryl methyl sites for hydroxylation is 2. The van der Waals surface area contributed by atoms with E-state index < -0.39 is 0 Å². The predicted octanol–water partition coefficient (Wildman–Crippen LogP) is 3.05. The number of benzene rings is 1. The van der Waals surface area contributed by atoms with Crippen LogP contribution >= 0.6 is 0 Å². The van der Waals surface area contributed by atoms with Crippen molar-refractivity contribution in [3.05, 3.63) is 54.1 Å². The van der Waals surface area contributed by atoms with E-state index in [2.05, 4.69) is 74.4 Å². The molecule has 1 aromatic heterocycles. The van der Waals surface area contributed by atoms with Gasteiger partial charge in [0.1, 0.15) is 5.82 Å². The highest BCUT2D eigenvalue weighted by atomic mass is 15.2. The smallest absolute Gasteiger partial charge is 0.190 e. The highest BCUT2D eigenvalue weighted by molar-refractivity contribution is 5.79. The van der Waals surface area contributed by atoms with Crippen LogP contribution in [0.2, 0.25) is 0 Å². The van der Waals surface area contributed by atoms with Crippen molar-refractivity contribution in [2.75, 3.05) is 27.2 Å². The van der Waals surface area contributed by atoms with Gasteiger partial charge in [-0.15, -0.1) is 0 Å². The summed E-state index contributed by atoms with van der Waals surface area (Å²) in [5.41, 5.74) is 1.35. The van der Waals surface area contributed by atoms with Gasteiger partial charge in [-0.3, -0.25) is 9.89 Å². The third-order valence-electron chi connectivity index (χ3n) is 5.15. The Labute approximate surface area is 170 Å². The molecule has 154 valence electrons. The van der Waals surface area contributed by atoms with Crippen LogP contribution in [0.1, 0.15) is 37.6 Å². The fourth-order valence-corrected chi connectivity index (χ4v) is 3.12. The van der Waals surface area contributed by atoms with E-state index in [9.17, 15) is 0 Å². The van der Waals surface area contributed by atoms with Gasteiger partial charge in [-0.2, -0.15) is 0 Å². The van der Waals surface area contributed by atoms with Crippen molar-refractivity contribution >= 4 is 5.96 Å². The molecule has 1 heterocycles. The second-order valence-corrected chi connectivity index (χ2v) is 7.34. The van der Waals surface area contributed by atoms with Crippen molar-refractivity contribution < 1.29 is 0 Å². The number of imidazole rings is 1. The van der Waals surface area contributed by atoms with Crippen LogP contribution in [-0.2, 0) is 13.1 Å². The molecule has 0 radical (unpaired) electrons. The molecule has 2 aromatic rings. The first-order chi connectivity index (χ1) is 13.6. The molecule has 6 heteroatoms. The zero-order chi connectivity index (χ0) is 20.2. The summed E-state index contributed by atoms with van der Waals surface area (Å²) in [6, 6.07) is 11.1. The van der Waals surface area contributed by atoms with Crippen molar-refractivity contribution in [2.45, 2.75) is 52.2 Å². The van der Waals surface area contributed by atoms with E-state index in [0.717, 1.165) is 57.2 Å². The Morgan fingerprint density at radius 3 is 2.61 bits per heavy atom. The van der Waals surface area contributed by atoms with Crippen LogP contribution in [0.4, 0.5) is 0 Å². The molecule has 0 aliphatic rings. The Morgan fingerprint density at radius 2 is 1.93 bits per heavy atom. The monoisotopic (exact) mass is 384 g/mol. The molecule has 28 heavy (non-hydrogen) atoms. The number of nitrogens with one attached hydrogen (secondary N) is 2. The summed E-state index contributed by atoms with van der Waals surface area (Å²) in [4.78, 5) is 11.0. The van der Waals surface area contributed by atoms with Crippen LogP contribution in [0, 0.1) is 6.92 Å². The number of guanidine groups is 1. The van der Waals surface area contributed by atoms with Gasteiger partial charge in [0.2, 0.25) is 0 Å². The number of nitrogens with zero attached hydrogens (tertiary/aromatic N) is 4. The Morgan fingerprint density at radius 1 is 1.18 bits per heavy atom. The summed E-state index contributed by atoms with van der Waals surface area (Å²) in [6.45, 7) is 8.16. The molecular formula is C22H36N6. The third kappa shape index (κ3) is 7.72. The second kappa shape index (κ2) is 12.2. The summed E-state index contributed by atoms with van der Waals surface area (Å²) in [7, 11) is 4.02. The minimum absolute atomic E-state index is 0.504. The number of unbranched alkanes of at least 4 members (excludes halogenated alkanes) is 1. The first-order valence-corrected chi connectivity index (χ1v) is 10.3. The number of hydrogen-bond acceptors (Lipinski definition) is 3. The highest BCUT2D eigenvalue weighted by Crippen LogP contribution is 2.07. The zero-order valence-corrected chi connectivity index (χ0v) is 17.9. The Hall–Kier alpha value is -2.34. The lowest BCUT2D eigenvalue weighted by molar-refractivity contribution is 0.238. The minimum atomic E-state index is 0.504. The summed E-state index contributed by atoms with van der Waals surface area (Å²) in [5.74, 6) is 1.97. The fourth-order valence-electron chi connectivity index (χ4n) is 3.12. The highest BCUT2D eigenvalue weighted by Gasteiger charge is 2.09. The molecule has 0 amide bonds. The van der Waals surface area contributed by atoms with E-state index in [0.29, 0.717) is 6.04 Å². The first-order valence-electron chi connectivity index (χ1n) is 10.3. The second-order valence-electron chi connectivity index (χ2n) is 7.34. The van der Waals surface area contributed by atoms with Crippen molar-refractivity contribution in [3.63, 3.8) is 0 Å². The number of aliphatic imine (C=N–C) groups is 1. The van der Waals surface area contributed by atoms with Gasteiger partial charge in [-0.25, -0.2) is 4.98 Å². The SMILES string of the molecule is CN=C(NCCCCn1ccnc1C)NCCC(C)N(C)Cc1ccccc1. The molecule has 0 spiro atoms. The van der Waals surface area contributed by atoms with E-state index in [1.165, 1.54) is 5.56 Å². The average molecular weight is 385 g/mol. The van der Waals surface area contributed by atoms with Gasteiger partial charge in [0, 0.05) is 51.7 Å². The third-order valence-corrected chi connectivity index (χ3v) is 5.15. The summed E-state index contributed by atoms with van der Waals surface area (Å²) >= 11 is 0. The number of aromatic nitrogens is 2. The topological polar surface area (TPSA) is 57.5 Å². The summed E-state index contributed by atoms with van der Waals surface area (Å²) < 4.78 is 2.19. The van der Waals surface area contributed by atoms with E-state index >= 15 is 0 Å². The lowest BCUT2D eigenvalue weighted by atomic mass is 10.1. The molecule has 0 fully saturated rings. The Balaban J connectivity index is 1.57. The lowest BCUT2D eigenvalue weighted by Crippen LogP contribution is -2.40. The largest absolute Gasteiger partial charge is 0.356 e. The first kappa shape index (κ1) is 22.0. The van der Waals surface area contributed by atoms with E-state index in [1.54, 1.807) is 0 Å². The quantitative estimate of drug-likeness (QED) is 0.355. The molecule has 0 saturated carbocycles. The number of rotatable bonds is 11. The van der Waals surface area contributed by atoms with Crippen molar-refractivity contribution in [1.29, 1.82) is 0 Å². The van der Waals surface area contributed by atoms with Gasteiger partial charge in [0.05, 0.1) is 0 Å². The van der Waals surface area contributed by atoms with E-state index in [1.807, 2.05) is 26.4 Å². The van der Waals surface area contributed by atoms with Crippen LogP contribution in [0.25, 0.3) is 0 Å². The molecular weight excluding hydrogens is 348 g/mol. The average Bonchev–Trinajstić information content (AvgIpc) is 3.11. The molecule has 0 aliphatic carbocycles. The van der Waals surface area contributed by atoms with Crippen LogP contribution in [0.15, 0.2) is 47.7 Å². The van der Waals surface area contributed by atoms with Gasteiger partial charge < -0.3 is 15.2 Å². The molecule has 2 rings (SSSR count). The molecule has 2 N–H and O–H groups in total. The zero-order valence-electron chi connectivity index (χ0n) is 17.9. The normalized spacial score (nSPS) is 13.0. The molecule has 0 bridgehead atoms. The van der Waals surface area contributed by atoms with Crippen LogP contribution in [0.5, 0.6) is 0 Å². The summed E-state index contributed by atoms with van der Waals surface area (Å²) in [6.07, 6.45) is 7.21. The standard InChI is InChI=1S/C22H36N6/c1-19(27(4)18-21-10-6-5-7-11-21)12-14-26-22(23-3)25-13-8-9-16-28-17-15-24-20(28)2/h5-7,10-11,15,17,19H,8-9,12-14,16,18H2,1-4H3,(H2,23,25,26). The fraction of sp³-hybridized carbons (Fsp3) is 0.545. The minimum Gasteiger partial charge on any atom is -0.356 e. The van der Waals surface area contributed by atoms with Gasteiger partial charge in [-0.1, -0.05) is 30.3 Å². The lowest BCUT2D eigenvalue weighted by Gasteiger charge is -2.25. The van der Waals surface area contributed by atoms with Crippen LogP contribution in [0.3, 0.4) is 0 Å². The molecule has 0 saturated heterocycles. The van der Waals surface area contributed by atoms with Crippen LogP contribution in [-0.4, -0.2) is 53.6 Å².